The lowest BCUT2D eigenvalue weighted by Gasteiger charge is -2.07. The molecular weight excluding hydrogens is 190 g/mol. The molecule has 0 radical (unpaired) electrons. The summed E-state index contributed by atoms with van der Waals surface area (Å²) in [7, 11) is 0. The number of allylic oxidation sites excluding steroid dienone is 1. The Balaban J connectivity index is 2.48. The van der Waals surface area contributed by atoms with Gasteiger partial charge in [0.15, 0.2) is 0 Å². The van der Waals surface area contributed by atoms with E-state index in [0.717, 1.165) is 24.1 Å². The van der Waals surface area contributed by atoms with Crippen molar-refractivity contribution in [1.29, 1.82) is 0 Å². The van der Waals surface area contributed by atoms with Crippen LogP contribution in [0, 0.1) is 6.92 Å². The number of hydrogen-bond acceptors (Lipinski definition) is 3. The molecule has 3 nitrogen and oxygen atoms in total. The number of unbranched alkanes of at least 4 members (excludes halogenated alkanes) is 1. The predicted molar refractivity (Wildman–Crippen MR) is 59.8 cm³/mol. The van der Waals surface area contributed by atoms with Gasteiger partial charge in [-0.1, -0.05) is 6.08 Å². The third-order valence-corrected chi connectivity index (χ3v) is 2.14. The zero-order chi connectivity index (χ0) is 11.1. The average Bonchev–Trinajstić information content (AvgIpc) is 2.25. The molecule has 0 spiro atoms. The van der Waals surface area contributed by atoms with Gasteiger partial charge in [-0.25, -0.2) is 4.98 Å². The van der Waals surface area contributed by atoms with Crippen molar-refractivity contribution >= 4 is 0 Å². The first-order valence-electron chi connectivity index (χ1n) is 5.09. The number of aryl methyl sites for hydroxylation is 1. The van der Waals surface area contributed by atoms with Crippen molar-refractivity contribution in [2.45, 2.75) is 26.4 Å². The Morgan fingerprint density at radius 2 is 2.33 bits per heavy atom. The van der Waals surface area contributed by atoms with E-state index in [1.807, 2.05) is 19.1 Å². The number of aromatic nitrogens is 1. The smallest absolute Gasteiger partial charge is 0.213 e. The maximum absolute atomic E-state index is 8.96. The standard InChI is InChI=1S/C12H17NO2/c1-3-4-5-8-15-12-7-6-11(9-14)10(2)13-12/h3,6-7,14H,1,4-5,8-9H2,2H3. The molecule has 1 heterocycles. The highest BCUT2D eigenvalue weighted by atomic mass is 16.5. The van der Waals surface area contributed by atoms with Crippen molar-refractivity contribution in [3.63, 3.8) is 0 Å². The summed E-state index contributed by atoms with van der Waals surface area (Å²) in [5.41, 5.74) is 1.66. The third kappa shape index (κ3) is 3.72. The Morgan fingerprint density at radius 3 is 2.93 bits per heavy atom. The van der Waals surface area contributed by atoms with Crippen LogP contribution in [0.3, 0.4) is 0 Å². The molecule has 1 N–H and O–H groups in total. The van der Waals surface area contributed by atoms with E-state index in [2.05, 4.69) is 11.6 Å². The summed E-state index contributed by atoms with van der Waals surface area (Å²) < 4.78 is 5.45. The molecule has 1 rings (SSSR count). The lowest BCUT2D eigenvalue weighted by molar-refractivity contribution is 0.277. The topological polar surface area (TPSA) is 42.4 Å². The maximum atomic E-state index is 8.96. The number of hydrogen-bond donors (Lipinski definition) is 1. The van der Waals surface area contributed by atoms with E-state index in [1.165, 1.54) is 0 Å². The van der Waals surface area contributed by atoms with E-state index >= 15 is 0 Å². The number of rotatable bonds is 6. The van der Waals surface area contributed by atoms with Gasteiger partial charge < -0.3 is 9.84 Å². The molecular formula is C12H17NO2. The molecule has 0 amide bonds. The molecule has 15 heavy (non-hydrogen) atoms. The van der Waals surface area contributed by atoms with Crippen LogP contribution in [0.15, 0.2) is 24.8 Å². The van der Waals surface area contributed by atoms with Gasteiger partial charge in [0, 0.05) is 11.8 Å². The summed E-state index contributed by atoms with van der Waals surface area (Å²) in [6.07, 6.45) is 3.77. The van der Waals surface area contributed by atoms with Crippen molar-refractivity contribution < 1.29 is 9.84 Å². The maximum Gasteiger partial charge on any atom is 0.213 e. The Morgan fingerprint density at radius 1 is 1.53 bits per heavy atom. The summed E-state index contributed by atoms with van der Waals surface area (Å²) >= 11 is 0. The van der Waals surface area contributed by atoms with Gasteiger partial charge >= 0.3 is 0 Å². The van der Waals surface area contributed by atoms with Gasteiger partial charge in [0.05, 0.1) is 13.2 Å². The molecule has 3 heteroatoms. The van der Waals surface area contributed by atoms with Gasteiger partial charge in [0.2, 0.25) is 5.88 Å². The first-order valence-corrected chi connectivity index (χ1v) is 5.09. The van der Waals surface area contributed by atoms with E-state index in [-0.39, 0.29) is 6.61 Å². The molecule has 0 aliphatic carbocycles. The largest absolute Gasteiger partial charge is 0.478 e. The Hall–Kier alpha value is -1.35. The first kappa shape index (κ1) is 11.7. The van der Waals surface area contributed by atoms with Gasteiger partial charge in [-0.3, -0.25) is 0 Å². The predicted octanol–water partition coefficient (Wildman–Crippen LogP) is 2.23. The molecule has 0 aliphatic heterocycles. The zero-order valence-corrected chi connectivity index (χ0v) is 9.07. The minimum Gasteiger partial charge on any atom is -0.478 e. The van der Waals surface area contributed by atoms with Gasteiger partial charge in [-0.05, 0) is 31.4 Å². The molecule has 0 aromatic carbocycles. The van der Waals surface area contributed by atoms with Gasteiger partial charge in [-0.2, -0.15) is 0 Å². The normalized spacial score (nSPS) is 10.0. The summed E-state index contributed by atoms with van der Waals surface area (Å²) in [6, 6.07) is 3.62. The second kappa shape index (κ2) is 6.19. The van der Waals surface area contributed by atoms with Crippen LogP contribution in [0.5, 0.6) is 5.88 Å². The van der Waals surface area contributed by atoms with E-state index in [0.29, 0.717) is 12.5 Å². The highest BCUT2D eigenvalue weighted by Gasteiger charge is 2.00. The van der Waals surface area contributed by atoms with Crippen molar-refractivity contribution in [1.82, 2.24) is 4.98 Å². The van der Waals surface area contributed by atoms with E-state index in [9.17, 15) is 0 Å². The minimum absolute atomic E-state index is 0.0234. The van der Waals surface area contributed by atoms with Crippen LogP contribution in [-0.2, 0) is 6.61 Å². The highest BCUT2D eigenvalue weighted by molar-refractivity contribution is 5.24. The molecule has 0 fully saturated rings. The average molecular weight is 207 g/mol. The Labute approximate surface area is 90.4 Å². The Bertz CT molecular complexity index is 323. The first-order chi connectivity index (χ1) is 7.27. The molecule has 0 atom stereocenters. The van der Waals surface area contributed by atoms with E-state index in [4.69, 9.17) is 9.84 Å². The third-order valence-electron chi connectivity index (χ3n) is 2.14. The summed E-state index contributed by atoms with van der Waals surface area (Å²) in [4.78, 5) is 4.23. The van der Waals surface area contributed by atoms with Crippen LogP contribution in [-0.4, -0.2) is 16.7 Å². The fraction of sp³-hybridized carbons (Fsp3) is 0.417. The fourth-order valence-corrected chi connectivity index (χ4v) is 1.22. The second-order valence-electron chi connectivity index (χ2n) is 3.33. The Kier molecular flexibility index (Phi) is 4.84. The monoisotopic (exact) mass is 207 g/mol. The van der Waals surface area contributed by atoms with Gasteiger partial charge in [-0.15, -0.1) is 6.58 Å². The lowest BCUT2D eigenvalue weighted by atomic mass is 10.2. The number of aliphatic hydroxyl groups excluding tert-OH is 1. The molecule has 0 unspecified atom stereocenters. The van der Waals surface area contributed by atoms with Gasteiger partial charge in [0.1, 0.15) is 0 Å². The minimum atomic E-state index is 0.0234. The second-order valence-corrected chi connectivity index (χ2v) is 3.33. The van der Waals surface area contributed by atoms with Crippen molar-refractivity contribution in [2.75, 3.05) is 6.61 Å². The van der Waals surface area contributed by atoms with Crippen LogP contribution in [0.4, 0.5) is 0 Å². The van der Waals surface area contributed by atoms with Crippen LogP contribution in [0.25, 0.3) is 0 Å². The van der Waals surface area contributed by atoms with Crippen molar-refractivity contribution in [3.05, 3.63) is 36.0 Å². The highest BCUT2D eigenvalue weighted by Crippen LogP contribution is 2.12. The fourth-order valence-electron chi connectivity index (χ4n) is 1.22. The molecule has 0 saturated heterocycles. The molecule has 0 saturated carbocycles. The zero-order valence-electron chi connectivity index (χ0n) is 9.07. The summed E-state index contributed by atoms with van der Waals surface area (Å²) in [5.74, 6) is 0.619. The number of nitrogens with zero attached hydrogens (tertiary/aromatic N) is 1. The van der Waals surface area contributed by atoms with Crippen molar-refractivity contribution in [2.24, 2.45) is 0 Å². The number of aliphatic hydroxyl groups is 1. The van der Waals surface area contributed by atoms with Crippen LogP contribution in [0.1, 0.15) is 24.1 Å². The van der Waals surface area contributed by atoms with Crippen LogP contribution < -0.4 is 4.74 Å². The molecule has 0 aliphatic rings. The van der Waals surface area contributed by atoms with Crippen LogP contribution >= 0.6 is 0 Å². The summed E-state index contributed by atoms with van der Waals surface area (Å²) in [5, 5.41) is 8.96. The van der Waals surface area contributed by atoms with E-state index in [1.54, 1.807) is 6.07 Å². The number of ether oxygens (including phenoxy) is 1. The van der Waals surface area contributed by atoms with E-state index < -0.39 is 0 Å². The molecule has 0 bridgehead atoms. The molecule has 1 aromatic heterocycles. The quantitative estimate of drug-likeness (QED) is 0.574. The molecule has 82 valence electrons. The SMILES string of the molecule is C=CCCCOc1ccc(CO)c(C)n1. The molecule has 1 aromatic rings. The lowest BCUT2D eigenvalue weighted by Crippen LogP contribution is -2.01. The van der Waals surface area contributed by atoms with Gasteiger partial charge in [0.25, 0.3) is 0 Å². The van der Waals surface area contributed by atoms with Crippen LogP contribution in [0.2, 0.25) is 0 Å². The summed E-state index contributed by atoms with van der Waals surface area (Å²) in [6.45, 7) is 6.18. The van der Waals surface area contributed by atoms with Crippen molar-refractivity contribution in [3.8, 4) is 5.88 Å². The number of pyridine rings is 1.